The zero-order valence-corrected chi connectivity index (χ0v) is 13.8. The van der Waals surface area contributed by atoms with Gasteiger partial charge in [-0.25, -0.2) is 4.98 Å². The van der Waals surface area contributed by atoms with Crippen molar-refractivity contribution in [3.8, 4) is 5.88 Å². The van der Waals surface area contributed by atoms with Crippen LogP contribution in [-0.2, 0) is 6.18 Å². The molecule has 0 bridgehead atoms. The third-order valence-electron chi connectivity index (χ3n) is 3.69. The maximum absolute atomic E-state index is 12.9. The first-order valence-corrected chi connectivity index (χ1v) is 7.79. The summed E-state index contributed by atoms with van der Waals surface area (Å²) in [7, 11) is 0. The molecule has 4 nitrogen and oxygen atoms in total. The average Bonchev–Trinajstić information content (AvgIpc) is 2.54. The van der Waals surface area contributed by atoms with Gasteiger partial charge < -0.3 is 10.1 Å². The Labute approximate surface area is 139 Å². The third-order valence-corrected chi connectivity index (χ3v) is 3.69. The molecule has 130 valence electrons. The van der Waals surface area contributed by atoms with Crippen molar-refractivity contribution in [1.82, 2.24) is 9.97 Å². The zero-order valence-electron chi connectivity index (χ0n) is 13.8. The van der Waals surface area contributed by atoms with Gasteiger partial charge in [-0.1, -0.05) is 26.0 Å². The minimum atomic E-state index is -4.55. The van der Waals surface area contributed by atoms with E-state index >= 15 is 0 Å². The lowest BCUT2D eigenvalue weighted by atomic mass is 9.99. The molecule has 1 heterocycles. The fraction of sp³-hybridized carbons (Fsp3) is 0.412. The van der Waals surface area contributed by atoms with Crippen LogP contribution in [0.4, 0.5) is 24.8 Å². The minimum absolute atomic E-state index is 0.0581. The lowest BCUT2D eigenvalue weighted by Crippen LogP contribution is -2.12. The number of hydrogen-bond donors (Lipinski definition) is 1. The van der Waals surface area contributed by atoms with E-state index in [9.17, 15) is 13.2 Å². The molecule has 0 saturated heterocycles. The van der Waals surface area contributed by atoms with Crippen molar-refractivity contribution in [2.24, 2.45) is 0 Å². The van der Waals surface area contributed by atoms with Crippen LogP contribution in [0.3, 0.4) is 0 Å². The number of ether oxygens (including phenoxy) is 1. The number of aromatic nitrogens is 2. The van der Waals surface area contributed by atoms with Crippen LogP contribution < -0.4 is 10.1 Å². The molecule has 0 spiro atoms. The Bertz CT molecular complexity index is 672. The maximum Gasteiger partial charge on any atom is 0.423 e. The van der Waals surface area contributed by atoms with E-state index in [1.54, 1.807) is 6.92 Å². The first kappa shape index (κ1) is 18.0. The van der Waals surface area contributed by atoms with E-state index in [1.165, 1.54) is 5.56 Å². The zero-order chi connectivity index (χ0) is 17.7. The smallest absolute Gasteiger partial charge is 0.423 e. The first-order chi connectivity index (χ1) is 11.3. The molecule has 1 unspecified atom stereocenters. The number of anilines is 2. The monoisotopic (exact) mass is 339 g/mol. The minimum Gasteiger partial charge on any atom is -0.477 e. The van der Waals surface area contributed by atoms with Gasteiger partial charge in [0.25, 0.3) is 0 Å². The second-order valence-electron chi connectivity index (χ2n) is 5.40. The highest BCUT2D eigenvalue weighted by Gasteiger charge is 2.36. The number of benzene rings is 1. The SMILES string of the molecule is CCOc1nc(Nc2ccc(C(C)CC)cc2)ncc1C(F)(F)F. The highest BCUT2D eigenvalue weighted by Crippen LogP contribution is 2.35. The molecule has 1 aromatic carbocycles. The number of alkyl halides is 3. The van der Waals surface area contributed by atoms with Gasteiger partial charge in [-0.3, -0.25) is 0 Å². The van der Waals surface area contributed by atoms with Gasteiger partial charge in [-0.15, -0.1) is 0 Å². The van der Waals surface area contributed by atoms with Crippen LogP contribution in [0.2, 0.25) is 0 Å². The lowest BCUT2D eigenvalue weighted by Gasteiger charge is -2.14. The molecule has 0 aliphatic carbocycles. The van der Waals surface area contributed by atoms with Crippen LogP contribution in [0.15, 0.2) is 30.5 Å². The molecular formula is C17H20F3N3O. The number of nitrogens with zero attached hydrogens (tertiary/aromatic N) is 2. The molecule has 0 fully saturated rings. The summed E-state index contributed by atoms with van der Waals surface area (Å²) in [6.45, 7) is 5.93. The van der Waals surface area contributed by atoms with Crippen molar-refractivity contribution in [2.75, 3.05) is 11.9 Å². The van der Waals surface area contributed by atoms with E-state index < -0.39 is 17.6 Å². The summed E-state index contributed by atoms with van der Waals surface area (Å²) in [5, 5.41) is 2.90. The molecule has 1 atom stereocenters. The van der Waals surface area contributed by atoms with E-state index in [4.69, 9.17) is 4.74 Å². The summed E-state index contributed by atoms with van der Waals surface area (Å²) in [6.07, 6.45) is -2.79. The topological polar surface area (TPSA) is 47.0 Å². The van der Waals surface area contributed by atoms with Crippen LogP contribution >= 0.6 is 0 Å². The third kappa shape index (κ3) is 4.37. The fourth-order valence-corrected chi connectivity index (χ4v) is 2.13. The molecule has 1 N–H and O–H groups in total. The Morgan fingerprint density at radius 3 is 2.38 bits per heavy atom. The van der Waals surface area contributed by atoms with Crippen LogP contribution in [0.1, 0.15) is 44.2 Å². The van der Waals surface area contributed by atoms with Crippen LogP contribution in [0, 0.1) is 0 Å². The molecule has 0 saturated carbocycles. The summed E-state index contributed by atoms with van der Waals surface area (Å²) in [4.78, 5) is 7.57. The highest BCUT2D eigenvalue weighted by molar-refractivity contribution is 5.54. The van der Waals surface area contributed by atoms with Crippen LogP contribution in [0.25, 0.3) is 0 Å². The van der Waals surface area contributed by atoms with Gasteiger partial charge in [0.15, 0.2) is 0 Å². The fourth-order valence-electron chi connectivity index (χ4n) is 2.13. The quantitative estimate of drug-likeness (QED) is 0.790. The molecule has 0 aliphatic rings. The Balaban J connectivity index is 2.22. The normalized spacial score (nSPS) is 12.8. The Morgan fingerprint density at radius 1 is 1.17 bits per heavy atom. The second-order valence-corrected chi connectivity index (χ2v) is 5.40. The van der Waals surface area contributed by atoms with Crippen molar-refractivity contribution in [3.63, 3.8) is 0 Å². The molecule has 2 rings (SSSR count). The maximum atomic E-state index is 12.9. The standard InChI is InChI=1S/C17H20F3N3O/c1-4-11(3)12-6-8-13(9-7-12)22-16-21-10-14(17(18,19)20)15(23-16)24-5-2/h6-11H,4-5H2,1-3H3,(H,21,22,23). The molecule has 1 aromatic heterocycles. The van der Waals surface area contributed by atoms with Crippen molar-refractivity contribution in [2.45, 2.75) is 39.3 Å². The number of halogens is 3. The summed E-state index contributed by atoms with van der Waals surface area (Å²) in [5.74, 6) is 0.0346. The van der Waals surface area contributed by atoms with Crippen molar-refractivity contribution in [3.05, 3.63) is 41.6 Å². The van der Waals surface area contributed by atoms with Crippen LogP contribution in [0.5, 0.6) is 5.88 Å². The molecule has 24 heavy (non-hydrogen) atoms. The first-order valence-electron chi connectivity index (χ1n) is 7.79. The summed E-state index contributed by atoms with van der Waals surface area (Å²) in [5.41, 5.74) is 0.915. The lowest BCUT2D eigenvalue weighted by molar-refractivity contribution is -0.139. The van der Waals surface area contributed by atoms with Crippen molar-refractivity contribution < 1.29 is 17.9 Å². The average molecular weight is 339 g/mol. The predicted molar refractivity (Wildman–Crippen MR) is 86.6 cm³/mol. The van der Waals surface area contributed by atoms with Gasteiger partial charge >= 0.3 is 6.18 Å². The van der Waals surface area contributed by atoms with E-state index in [0.717, 1.165) is 12.6 Å². The number of rotatable bonds is 6. The van der Waals surface area contributed by atoms with Gasteiger partial charge in [0, 0.05) is 11.9 Å². The van der Waals surface area contributed by atoms with Crippen molar-refractivity contribution in [1.29, 1.82) is 0 Å². The number of nitrogens with one attached hydrogen (secondary N) is 1. The summed E-state index contributed by atoms with van der Waals surface area (Å²) in [6, 6.07) is 7.65. The molecule has 7 heteroatoms. The number of hydrogen-bond acceptors (Lipinski definition) is 4. The Hall–Kier alpha value is -2.31. The Kier molecular flexibility index (Phi) is 5.64. The van der Waals surface area contributed by atoms with E-state index in [-0.39, 0.29) is 12.6 Å². The molecule has 0 radical (unpaired) electrons. The van der Waals surface area contributed by atoms with Gasteiger partial charge in [0.05, 0.1) is 6.61 Å². The molecule has 2 aromatic rings. The largest absolute Gasteiger partial charge is 0.477 e. The van der Waals surface area contributed by atoms with E-state index in [0.29, 0.717) is 11.6 Å². The Morgan fingerprint density at radius 2 is 1.83 bits per heavy atom. The summed E-state index contributed by atoms with van der Waals surface area (Å²) >= 11 is 0. The second kappa shape index (κ2) is 7.51. The van der Waals surface area contributed by atoms with E-state index in [2.05, 4.69) is 29.1 Å². The van der Waals surface area contributed by atoms with Crippen LogP contribution in [-0.4, -0.2) is 16.6 Å². The van der Waals surface area contributed by atoms with E-state index in [1.807, 2.05) is 24.3 Å². The van der Waals surface area contributed by atoms with Gasteiger partial charge in [-0.05, 0) is 37.0 Å². The molecule has 0 amide bonds. The van der Waals surface area contributed by atoms with Gasteiger partial charge in [0.2, 0.25) is 11.8 Å². The molecule has 0 aliphatic heterocycles. The highest BCUT2D eigenvalue weighted by atomic mass is 19.4. The predicted octanol–water partition coefficient (Wildman–Crippen LogP) is 5.15. The van der Waals surface area contributed by atoms with Gasteiger partial charge in [-0.2, -0.15) is 18.2 Å². The van der Waals surface area contributed by atoms with Gasteiger partial charge in [0.1, 0.15) is 5.56 Å². The molecular weight excluding hydrogens is 319 g/mol. The van der Waals surface area contributed by atoms with Crippen molar-refractivity contribution >= 4 is 11.6 Å². The summed E-state index contributed by atoms with van der Waals surface area (Å²) < 4.78 is 43.7.